The number of sulfonamides is 1. The molecule has 0 saturated heterocycles. The minimum atomic E-state index is -3.19. The molecule has 0 aliphatic rings. The van der Waals surface area contributed by atoms with E-state index in [-0.39, 0.29) is 35.3 Å². The van der Waals surface area contributed by atoms with E-state index in [1.807, 2.05) is 6.92 Å². The van der Waals surface area contributed by atoms with Crippen LogP contribution in [0.1, 0.15) is 19.8 Å². The third-order valence-corrected chi connectivity index (χ3v) is 1.64. The summed E-state index contributed by atoms with van der Waals surface area (Å²) in [6, 6.07) is 0. The number of rotatable bonds is 3. The summed E-state index contributed by atoms with van der Waals surface area (Å²) >= 11 is 0. The maximum Gasteiger partial charge on any atom is 1.00 e. The zero-order valence-electron chi connectivity index (χ0n) is 5.92. The van der Waals surface area contributed by atoms with Crippen LogP contribution in [-0.2, 0) is 10.0 Å². The fourth-order valence-electron chi connectivity index (χ4n) is 0.346. The second-order valence-electron chi connectivity index (χ2n) is 1.72. The fourth-order valence-corrected chi connectivity index (χ4v) is 1.04. The predicted molar refractivity (Wildman–Crippen MR) is 32.9 cm³/mol. The van der Waals surface area contributed by atoms with Crippen molar-refractivity contribution in [1.29, 1.82) is 0 Å². The van der Waals surface area contributed by atoms with Gasteiger partial charge in [-0.1, -0.05) is 13.3 Å². The van der Waals surface area contributed by atoms with Gasteiger partial charge in [0.1, 0.15) is 0 Å². The van der Waals surface area contributed by atoms with Crippen LogP contribution in [0.5, 0.6) is 0 Å². The van der Waals surface area contributed by atoms with Gasteiger partial charge in [0, 0.05) is 0 Å². The van der Waals surface area contributed by atoms with Crippen molar-refractivity contribution in [3.8, 4) is 0 Å². The molecule has 0 atom stereocenters. The van der Waals surface area contributed by atoms with Gasteiger partial charge >= 0.3 is 29.6 Å². The van der Waals surface area contributed by atoms with Crippen molar-refractivity contribution < 1.29 is 38.0 Å². The molecule has 0 aliphatic carbocycles. The molecule has 0 aromatic rings. The molecule has 0 aromatic carbocycles. The van der Waals surface area contributed by atoms with Gasteiger partial charge in [-0.25, -0.2) is 13.6 Å². The van der Waals surface area contributed by atoms with Crippen molar-refractivity contribution in [1.82, 2.24) is 0 Å². The Balaban J connectivity index is 0. The SMILES string of the molecule is CCCCS(N)(=O)=O.[Na+]. The second-order valence-corrected chi connectivity index (χ2v) is 3.45. The summed E-state index contributed by atoms with van der Waals surface area (Å²) in [5, 5.41) is 4.69. The average Bonchev–Trinajstić information content (AvgIpc) is 1.59. The van der Waals surface area contributed by atoms with Crippen molar-refractivity contribution in [2.45, 2.75) is 19.8 Å². The standard InChI is InChI=1S/C4H11NO2S.Na/c1-2-3-4-8(5,6)7;/h2-4H2,1H3,(H2,5,6,7);/q;+1. The van der Waals surface area contributed by atoms with Gasteiger partial charge in [0.05, 0.1) is 5.75 Å². The van der Waals surface area contributed by atoms with Crippen molar-refractivity contribution in [3.05, 3.63) is 0 Å². The topological polar surface area (TPSA) is 60.2 Å². The van der Waals surface area contributed by atoms with Crippen LogP contribution >= 0.6 is 0 Å². The first-order valence-electron chi connectivity index (χ1n) is 2.56. The molecule has 0 radical (unpaired) electrons. The Hall–Kier alpha value is 0.910. The van der Waals surface area contributed by atoms with Crippen LogP contribution in [0.2, 0.25) is 0 Å². The first kappa shape index (κ1) is 12.6. The van der Waals surface area contributed by atoms with Gasteiger partial charge in [-0.2, -0.15) is 0 Å². The van der Waals surface area contributed by atoms with E-state index in [4.69, 9.17) is 5.14 Å². The zero-order chi connectivity index (χ0) is 6.62. The van der Waals surface area contributed by atoms with Crippen LogP contribution in [0.15, 0.2) is 0 Å². The molecule has 0 unspecified atom stereocenters. The normalized spacial score (nSPS) is 10.4. The van der Waals surface area contributed by atoms with E-state index in [2.05, 4.69) is 0 Å². The molecule has 0 bridgehead atoms. The molecule has 50 valence electrons. The molecule has 0 spiro atoms. The molecule has 2 N–H and O–H groups in total. The number of hydrogen-bond donors (Lipinski definition) is 1. The number of nitrogens with two attached hydrogens (primary N) is 1. The van der Waals surface area contributed by atoms with Gasteiger partial charge in [-0.15, -0.1) is 0 Å². The van der Waals surface area contributed by atoms with Gasteiger partial charge in [-0.05, 0) is 6.42 Å². The van der Waals surface area contributed by atoms with Crippen molar-refractivity contribution in [3.63, 3.8) is 0 Å². The molecule has 0 saturated carbocycles. The largest absolute Gasteiger partial charge is 1.00 e. The maximum atomic E-state index is 10.2. The van der Waals surface area contributed by atoms with Crippen LogP contribution < -0.4 is 34.7 Å². The molecule has 0 rings (SSSR count). The van der Waals surface area contributed by atoms with E-state index in [9.17, 15) is 8.42 Å². The molecule has 0 aliphatic heterocycles. The molecule has 0 fully saturated rings. The third-order valence-electron chi connectivity index (χ3n) is 0.782. The minimum Gasteiger partial charge on any atom is -0.229 e. The van der Waals surface area contributed by atoms with Crippen molar-refractivity contribution in [2.75, 3.05) is 5.75 Å². The van der Waals surface area contributed by atoms with E-state index in [1.54, 1.807) is 0 Å². The molecular formula is C4H11NNaO2S+. The molecular weight excluding hydrogens is 149 g/mol. The number of primary sulfonamides is 1. The molecule has 9 heavy (non-hydrogen) atoms. The second kappa shape index (κ2) is 5.68. The summed E-state index contributed by atoms with van der Waals surface area (Å²) < 4.78 is 20.3. The minimum absolute atomic E-state index is 0. The Labute approximate surface area is 78.3 Å². The number of hydrogen-bond acceptors (Lipinski definition) is 2. The number of unbranched alkanes of at least 4 members (excludes halogenated alkanes) is 1. The Kier molecular flexibility index (Phi) is 7.93. The molecule has 0 amide bonds. The van der Waals surface area contributed by atoms with Crippen LogP contribution in [-0.4, -0.2) is 14.2 Å². The van der Waals surface area contributed by atoms with E-state index < -0.39 is 10.0 Å². The van der Waals surface area contributed by atoms with E-state index in [0.29, 0.717) is 6.42 Å². The Morgan fingerprint density at radius 1 is 1.44 bits per heavy atom. The Morgan fingerprint density at radius 2 is 1.89 bits per heavy atom. The van der Waals surface area contributed by atoms with Crippen molar-refractivity contribution >= 4 is 10.0 Å². The summed E-state index contributed by atoms with van der Waals surface area (Å²) in [6.45, 7) is 1.92. The quantitative estimate of drug-likeness (QED) is 0.450. The fraction of sp³-hybridized carbons (Fsp3) is 1.00. The summed E-state index contributed by atoms with van der Waals surface area (Å²) in [5.74, 6) is 0.115. The van der Waals surface area contributed by atoms with Crippen LogP contribution in [0.25, 0.3) is 0 Å². The summed E-state index contributed by atoms with van der Waals surface area (Å²) in [4.78, 5) is 0. The zero-order valence-corrected chi connectivity index (χ0v) is 8.74. The van der Waals surface area contributed by atoms with E-state index >= 15 is 0 Å². The van der Waals surface area contributed by atoms with Crippen molar-refractivity contribution in [2.24, 2.45) is 5.14 Å². The van der Waals surface area contributed by atoms with Gasteiger partial charge in [0.25, 0.3) is 0 Å². The molecule has 0 heterocycles. The monoisotopic (exact) mass is 160 g/mol. The molecule has 0 aromatic heterocycles. The predicted octanol–water partition coefficient (Wildman–Crippen LogP) is -2.92. The smallest absolute Gasteiger partial charge is 0.229 e. The first-order valence-corrected chi connectivity index (χ1v) is 4.28. The van der Waals surface area contributed by atoms with Gasteiger partial charge in [0.2, 0.25) is 10.0 Å². The van der Waals surface area contributed by atoms with E-state index in [1.165, 1.54) is 0 Å². The first-order chi connectivity index (χ1) is 3.56. The summed E-state index contributed by atoms with van der Waals surface area (Å²) in [7, 11) is -3.19. The van der Waals surface area contributed by atoms with Crippen LogP contribution in [0, 0.1) is 0 Å². The third kappa shape index (κ3) is 12.2. The maximum absolute atomic E-state index is 10.2. The van der Waals surface area contributed by atoms with Crippen LogP contribution in [0.4, 0.5) is 0 Å². The van der Waals surface area contributed by atoms with Gasteiger partial charge < -0.3 is 0 Å². The average molecular weight is 160 g/mol. The van der Waals surface area contributed by atoms with Crippen LogP contribution in [0.3, 0.4) is 0 Å². The Bertz CT molecular complexity index is 143. The van der Waals surface area contributed by atoms with Gasteiger partial charge in [0.15, 0.2) is 0 Å². The Morgan fingerprint density at radius 3 is 2.00 bits per heavy atom. The molecule has 3 nitrogen and oxygen atoms in total. The van der Waals surface area contributed by atoms with E-state index in [0.717, 1.165) is 6.42 Å². The van der Waals surface area contributed by atoms with Gasteiger partial charge in [-0.3, -0.25) is 0 Å². The summed E-state index contributed by atoms with van der Waals surface area (Å²) in [5.41, 5.74) is 0. The summed E-state index contributed by atoms with van der Waals surface area (Å²) in [6.07, 6.45) is 1.54. The molecule has 5 heteroatoms.